The smallest absolute Gasteiger partial charge is 0.331 e. The van der Waals surface area contributed by atoms with Crippen LogP contribution in [-0.2, 0) is 9.53 Å². The molecule has 0 saturated carbocycles. The van der Waals surface area contributed by atoms with Crippen LogP contribution < -0.4 is 14.2 Å². The summed E-state index contributed by atoms with van der Waals surface area (Å²) in [5.74, 6) is 0.953. The van der Waals surface area contributed by atoms with E-state index in [0.29, 0.717) is 30.3 Å². The molecular weight excluding hydrogens is 336 g/mol. The van der Waals surface area contributed by atoms with Crippen LogP contribution in [0.5, 0.6) is 17.2 Å². The summed E-state index contributed by atoms with van der Waals surface area (Å²) in [4.78, 5) is 23.9. The lowest BCUT2D eigenvalue weighted by Gasteiger charge is -2.18. The van der Waals surface area contributed by atoms with Gasteiger partial charge in [-0.25, -0.2) is 4.79 Å². The Balaban J connectivity index is 1.53. The van der Waals surface area contributed by atoms with Crippen LogP contribution in [0.25, 0.3) is 6.08 Å². The van der Waals surface area contributed by atoms with Gasteiger partial charge in [0, 0.05) is 11.6 Å². The largest absolute Gasteiger partial charge is 0.497 e. The quantitative estimate of drug-likeness (QED) is 0.451. The van der Waals surface area contributed by atoms with Crippen LogP contribution in [0.2, 0.25) is 0 Å². The lowest BCUT2D eigenvalue weighted by atomic mass is 10.1. The molecule has 1 aliphatic heterocycles. The molecule has 0 saturated heterocycles. The Labute approximate surface area is 150 Å². The van der Waals surface area contributed by atoms with Gasteiger partial charge in [-0.15, -0.1) is 0 Å². The van der Waals surface area contributed by atoms with E-state index < -0.39 is 5.97 Å². The number of ketones is 1. The molecule has 0 aliphatic carbocycles. The minimum atomic E-state index is -0.591. The number of Topliss-reactive ketones (excluding diaryl/α,β-unsaturated/α-hetero) is 1. The zero-order valence-corrected chi connectivity index (χ0v) is 14.3. The van der Waals surface area contributed by atoms with E-state index in [1.807, 2.05) is 12.1 Å². The van der Waals surface area contributed by atoms with Crippen LogP contribution in [0.3, 0.4) is 0 Å². The van der Waals surface area contributed by atoms with Crippen molar-refractivity contribution in [3.05, 3.63) is 59.7 Å². The second-order valence-corrected chi connectivity index (χ2v) is 5.50. The highest BCUT2D eigenvalue weighted by atomic mass is 16.6. The van der Waals surface area contributed by atoms with Gasteiger partial charge in [-0.3, -0.25) is 4.79 Å². The first-order chi connectivity index (χ1) is 12.7. The summed E-state index contributed by atoms with van der Waals surface area (Å²) in [6.07, 6.45) is 2.88. The van der Waals surface area contributed by atoms with Gasteiger partial charge in [0.05, 0.1) is 7.11 Å². The molecule has 0 aromatic heterocycles. The number of benzene rings is 2. The lowest BCUT2D eigenvalue weighted by molar-refractivity contribution is -0.136. The van der Waals surface area contributed by atoms with Crippen LogP contribution in [0, 0.1) is 0 Å². The molecule has 3 rings (SSSR count). The van der Waals surface area contributed by atoms with E-state index in [1.54, 1.807) is 43.5 Å². The molecule has 0 atom stereocenters. The van der Waals surface area contributed by atoms with Crippen LogP contribution in [-0.4, -0.2) is 38.7 Å². The Bertz CT molecular complexity index is 823. The number of rotatable bonds is 6. The standard InChI is InChI=1S/C20H18O6/c1-23-16-6-2-14(3-7-16)4-9-20(22)26-13-17(21)15-5-8-18-19(12-15)25-11-10-24-18/h2-9,12H,10-11,13H2,1H3/b9-4+. The molecule has 0 spiro atoms. The van der Waals surface area contributed by atoms with Crippen LogP contribution in [0.4, 0.5) is 0 Å². The van der Waals surface area contributed by atoms with Crippen LogP contribution >= 0.6 is 0 Å². The Morgan fingerprint density at radius 3 is 2.50 bits per heavy atom. The molecule has 26 heavy (non-hydrogen) atoms. The van der Waals surface area contributed by atoms with Crippen LogP contribution in [0.15, 0.2) is 48.5 Å². The molecule has 0 radical (unpaired) electrons. The normalized spacial score (nSPS) is 12.7. The molecule has 0 amide bonds. The lowest BCUT2D eigenvalue weighted by Crippen LogP contribution is -2.17. The zero-order chi connectivity index (χ0) is 18.4. The Hall–Kier alpha value is -3.28. The van der Waals surface area contributed by atoms with Gasteiger partial charge >= 0.3 is 5.97 Å². The zero-order valence-electron chi connectivity index (χ0n) is 14.3. The number of fused-ring (bicyclic) bond motifs is 1. The van der Waals surface area contributed by atoms with E-state index in [9.17, 15) is 9.59 Å². The predicted octanol–water partition coefficient (Wildman–Crippen LogP) is 2.91. The molecule has 0 bridgehead atoms. The summed E-state index contributed by atoms with van der Waals surface area (Å²) in [5, 5.41) is 0. The monoisotopic (exact) mass is 354 g/mol. The van der Waals surface area contributed by atoms with Gasteiger partial charge in [-0.05, 0) is 42.0 Å². The number of carbonyl (C=O) groups is 2. The molecule has 1 heterocycles. The molecule has 134 valence electrons. The first-order valence-corrected chi connectivity index (χ1v) is 8.07. The van der Waals surface area contributed by atoms with Gasteiger partial charge in [0.25, 0.3) is 0 Å². The number of hydrogen-bond acceptors (Lipinski definition) is 6. The number of ether oxygens (including phenoxy) is 4. The van der Waals surface area contributed by atoms with Gasteiger partial charge < -0.3 is 18.9 Å². The summed E-state index contributed by atoms with van der Waals surface area (Å²) < 4.78 is 20.9. The highest BCUT2D eigenvalue weighted by Crippen LogP contribution is 2.30. The van der Waals surface area contributed by atoms with Crippen molar-refractivity contribution < 1.29 is 28.5 Å². The molecular formula is C20H18O6. The van der Waals surface area contributed by atoms with Gasteiger partial charge in [-0.1, -0.05) is 12.1 Å². The van der Waals surface area contributed by atoms with Gasteiger partial charge in [0.1, 0.15) is 19.0 Å². The molecule has 1 aliphatic rings. The van der Waals surface area contributed by atoms with Crippen molar-refractivity contribution in [2.75, 3.05) is 26.9 Å². The van der Waals surface area contributed by atoms with Gasteiger partial charge in [0.15, 0.2) is 23.9 Å². The van der Waals surface area contributed by atoms with E-state index in [1.165, 1.54) is 6.08 Å². The minimum Gasteiger partial charge on any atom is -0.497 e. The summed E-state index contributed by atoms with van der Waals surface area (Å²) in [6, 6.07) is 12.1. The number of carbonyl (C=O) groups excluding carboxylic acids is 2. The van der Waals surface area contributed by atoms with Crippen molar-refractivity contribution in [1.29, 1.82) is 0 Å². The highest BCUT2D eigenvalue weighted by Gasteiger charge is 2.15. The molecule has 6 nitrogen and oxygen atoms in total. The predicted molar refractivity (Wildman–Crippen MR) is 94.7 cm³/mol. The fraction of sp³-hybridized carbons (Fsp3) is 0.200. The maximum atomic E-state index is 12.2. The maximum absolute atomic E-state index is 12.2. The third kappa shape index (κ3) is 4.42. The fourth-order valence-electron chi connectivity index (χ4n) is 2.36. The highest BCUT2D eigenvalue weighted by molar-refractivity contribution is 5.99. The Morgan fingerprint density at radius 1 is 1.04 bits per heavy atom. The minimum absolute atomic E-state index is 0.312. The molecule has 2 aromatic carbocycles. The summed E-state index contributed by atoms with van der Waals surface area (Å²) >= 11 is 0. The van der Waals surface area contributed by atoms with E-state index in [2.05, 4.69) is 0 Å². The molecule has 0 fully saturated rings. The number of esters is 1. The van der Waals surface area contributed by atoms with Crippen molar-refractivity contribution in [3.8, 4) is 17.2 Å². The van der Waals surface area contributed by atoms with Gasteiger partial charge in [-0.2, -0.15) is 0 Å². The van der Waals surface area contributed by atoms with E-state index in [4.69, 9.17) is 18.9 Å². The van der Waals surface area contributed by atoms with Crippen molar-refractivity contribution >= 4 is 17.8 Å². The SMILES string of the molecule is COc1ccc(/C=C/C(=O)OCC(=O)c2ccc3c(c2)OCCO3)cc1. The second kappa shape index (κ2) is 8.20. The molecule has 0 unspecified atom stereocenters. The average molecular weight is 354 g/mol. The third-order valence-electron chi connectivity index (χ3n) is 3.74. The van der Waals surface area contributed by atoms with Crippen molar-refractivity contribution in [2.24, 2.45) is 0 Å². The average Bonchev–Trinajstić information content (AvgIpc) is 2.70. The third-order valence-corrected chi connectivity index (χ3v) is 3.74. The molecule has 2 aromatic rings. The van der Waals surface area contributed by atoms with Crippen molar-refractivity contribution in [3.63, 3.8) is 0 Å². The van der Waals surface area contributed by atoms with Crippen molar-refractivity contribution in [2.45, 2.75) is 0 Å². The Morgan fingerprint density at radius 2 is 1.77 bits per heavy atom. The summed E-state index contributed by atoms with van der Waals surface area (Å²) in [5.41, 5.74) is 1.22. The maximum Gasteiger partial charge on any atom is 0.331 e. The topological polar surface area (TPSA) is 71.1 Å². The summed E-state index contributed by atoms with van der Waals surface area (Å²) in [7, 11) is 1.58. The first kappa shape index (κ1) is 17.5. The molecule has 6 heteroatoms. The number of hydrogen-bond donors (Lipinski definition) is 0. The molecule has 0 N–H and O–H groups in total. The number of methoxy groups -OCH3 is 1. The first-order valence-electron chi connectivity index (χ1n) is 8.07. The van der Waals surface area contributed by atoms with E-state index in [-0.39, 0.29) is 12.4 Å². The fourth-order valence-corrected chi connectivity index (χ4v) is 2.36. The van der Waals surface area contributed by atoms with E-state index >= 15 is 0 Å². The summed E-state index contributed by atoms with van der Waals surface area (Å²) in [6.45, 7) is 0.583. The van der Waals surface area contributed by atoms with Gasteiger partial charge in [0.2, 0.25) is 0 Å². The van der Waals surface area contributed by atoms with Crippen molar-refractivity contribution in [1.82, 2.24) is 0 Å². The van der Waals surface area contributed by atoms with E-state index in [0.717, 1.165) is 11.3 Å². The van der Waals surface area contributed by atoms with Crippen LogP contribution in [0.1, 0.15) is 15.9 Å². The Kier molecular flexibility index (Phi) is 5.53. The second-order valence-electron chi connectivity index (χ2n) is 5.50.